The molecule has 0 aliphatic rings. The van der Waals surface area contributed by atoms with Gasteiger partial charge in [-0.25, -0.2) is 22.8 Å². The number of ether oxygens (including phenoxy) is 2. The summed E-state index contributed by atoms with van der Waals surface area (Å²) in [4.78, 5) is 15.1. The lowest BCUT2D eigenvalue weighted by Gasteiger charge is -2.25. The number of rotatable bonds is 11. The Kier molecular flexibility index (Phi) is 8.21. The number of hydrogen-bond donors (Lipinski definition) is 0. The molecule has 0 fully saturated rings. The predicted molar refractivity (Wildman–Crippen MR) is 144 cm³/mol. The van der Waals surface area contributed by atoms with E-state index in [1.807, 2.05) is 0 Å². The largest absolute Gasteiger partial charge is 0.497 e. The van der Waals surface area contributed by atoms with Gasteiger partial charge in [0.1, 0.15) is 26.9 Å². The maximum absolute atomic E-state index is 15.4. The minimum atomic E-state index is -3.38. The average Bonchev–Trinajstić information content (AvgIpc) is 3.36. The Morgan fingerprint density at radius 1 is 1.13 bits per heavy atom. The quantitative estimate of drug-likeness (QED) is 0.269. The molecular formula is C24H27FN6O5S2. The molecule has 3 aromatic heterocycles. The topological polar surface area (TPSA) is 129 Å². The van der Waals surface area contributed by atoms with Crippen LogP contribution in [0.1, 0.15) is 0 Å². The highest BCUT2D eigenvalue weighted by molar-refractivity contribution is 7.90. The molecule has 11 nitrogen and oxygen atoms in total. The van der Waals surface area contributed by atoms with Crippen LogP contribution in [0.2, 0.25) is 0 Å². The first-order chi connectivity index (χ1) is 18.1. The van der Waals surface area contributed by atoms with E-state index >= 15 is 4.39 Å². The Balaban J connectivity index is 1.77. The lowest BCUT2D eigenvalue weighted by atomic mass is 10.2. The third-order valence-corrected chi connectivity index (χ3v) is 7.31. The summed E-state index contributed by atoms with van der Waals surface area (Å²) in [5.41, 5.74) is 2.03. The SMILES string of the molecule is COc1cc(OC)c(F)c(N(CCS(C)(=O)=O)c2ccc3ncc(-c4cnn(CCS(C)=O)c4)nc3n2)c1. The number of anilines is 2. The Labute approximate surface area is 222 Å². The van der Waals surface area contributed by atoms with Gasteiger partial charge in [-0.1, -0.05) is 0 Å². The molecule has 0 bridgehead atoms. The van der Waals surface area contributed by atoms with Crippen LogP contribution < -0.4 is 14.4 Å². The molecule has 0 aliphatic carbocycles. The average molecular weight is 563 g/mol. The number of fused-ring (bicyclic) bond motifs is 1. The van der Waals surface area contributed by atoms with Crippen molar-refractivity contribution in [1.82, 2.24) is 24.7 Å². The lowest BCUT2D eigenvalue weighted by molar-refractivity contribution is 0.374. The van der Waals surface area contributed by atoms with Crippen LogP contribution in [0, 0.1) is 5.82 Å². The summed E-state index contributed by atoms with van der Waals surface area (Å²) in [7, 11) is -1.56. The van der Waals surface area contributed by atoms with Gasteiger partial charge in [-0.3, -0.25) is 13.9 Å². The minimum Gasteiger partial charge on any atom is -0.497 e. The zero-order chi connectivity index (χ0) is 27.4. The second kappa shape index (κ2) is 11.4. The van der Waals surface area contributed by atoms with Crippen LogP contribution in [0.3, 0.4) is 0 Å². The molecule has 4 rings (SSSR count). The van der Waals surface area contributed by atoms with Crippen LogP contribution in [0.5, 0.6) is 11.5 Å². The van der Waals surface area contributed by atoms with Crippen molar-refractivity contribution in [3.05, 3.63) is 48.7 Å². The van der Waals surface area contributed by atoms with Crippen molar-refractivity contribution >= 4 is 43.3 Å². The fourth-order valence-electron chi connectivity index (χ4n) is 3.65. The molecule has 1 aromatic carbocycles. The van der Waals surface area contributed by atoms with Gasteiger partial charge in [0.05, 0.1) is 50.3 Å². The third-order valence-electron chi connectivity index (χ3n) is 5.63. The molecule has 202 valence electrons. The van der Waals surface area contributed by atoms with Gasteiger partial charge in [-0.15, -0.1) is 0 Å². The molecule has 0 aliphatic heterocycles. The second-order valence-electron chi connectivity index (χ2n) is 8.48. The smallest absolute Gasteiger partial charge is 0.188 e. The molecule has 0 saturated carbocycles. The molecule has 0 saturated heterocycles. The highest BCUT2D eigenvalue weighted by Crippen LogP contribution is 2.36. The van der Waals surface area contributed by atoms with Crippen LogP contribution in [-0.4, -0.2) is 82.1 Å². The Morgan fingerprint density at radius 2 is 1.92 bits per heavy atom. The summed E-state index contributed by atoms with van der Waals surface area (Å²) in [5.74, 6) is 0.0699. The molecule has 3 heterocycles. The van der Waals surface area contributed by atoms with Crippen molar-refractivity contribution < 1.29 is 26.5 Å². The van der Waals surface area contributed by atoms with E-state index in [9.17, 15) is 12.6 Å². The number of hydrogen-bond acceptors (Lipinski definition) is 10. The van der Waals surface area contributed by atoms with Crippen LogP contribution in [0.15, 0.2) is 42.9 Å². The zero-order valence-corrected chi connectivity index (χ0v) is 22.9. The van der Waals surface area contributed by atoms with E-state index in [-0.39, 0.29) is 35.2 Å². The van der Waals surface area contributed by atoms with Crippen LogP contribution in [0.25, 0.3) is 22.4 Å². The van der Waals surface area contributed by atoms with Crippen molar-refractivity contribution in [2.45, 2.75) is 6.54 Å². The van der Waals surface area contributed by atoms with Crippen molar-refractivity contribution in [2.75, 3.05) is 49.7 Å². The summed E-state index contributed by atoms with van der Waals surface area (Å²) in [6.45, 7) is 0.417. The van der Waals surface area contributed by atoms with Gasteiger partial charge >= 0.3 is 0 Å². The molecule has 0 spiro atoms. The van der Waals surface area contributed by atoms with Gasteiger partial charge in [0.25, 0.3) is 0 Å². The summed E-state index contributed by atoms with van der Waals surface area (Å²) in [5, 5.41) is 4.28. The molecule has 14 heteroatoms. The molecule has 1 unspecified atom stereocenters. The maximum Gasteiger partial charge on any atom is 0.188 e. The first kappa shape index (κ1) is 27.4. The number of methoxy groups -OCH3 is 2. The van der Waals surface area contributed by atoms with Crippen molar-refractivity contribution in [1.29, 1.82) is 0 Å². The molecule has 0 radical (unpaired) electrons. The van der Waals surface area contributed by atoms with Crippen molar-refractivity contribution in [3.8, 4) is 22.8 Å². The molecule has 0 N–H and O–H groups in total. The van der Waals surface area contributed by atoms with Gasteiger partial charge < -0.3 is 14.4 Å². The number of aryl methyl sites for hydroxylation is 1. The monoisotopic (exact) mass is 562 g/mol. The fourth-order valence-corrected chi connectivity index (χ4v) is 4.61. The van der Waals surface area contributed by atoms with E-state index in [1.165, 1.54) is 31.3 Å². The van der Waals surface area contributed by atoms with Crippen LogP contribution in [0.4, 0.5) is 15.9 Å². The van der Waals surface area contributed by atoms with E-state index < -0.39 is 26.5 Å². The second-order valence-corrected chi connectivity index (χ2v) is 12.3. The number of sulfone groups is 1. The first-order valence-corrected chi connectivity index (χ1v) is 15.2. The Hall–Kier alpha value is -3.65. The number of nitrogens with zero attached hydrogens (tertiary/aromatic N) is 6. The first-order valence-electron chi connectivity index (χ1n) is 11.4. The maximum atomic E-state index is 15.4. The Bertz CT molecular complexity index is 1590. The van der Waals surface area contributed by atoms with Gasteiger partial charge in [-0.2, -0.15) is 5.10 Å². The Morgan fingerprint density at radius 3 is 2.61 bits per heavy atom. The number of aromatic nitrogens is 5. The molecular weight excluding hydrogens is 535 g/mol. The molecule has 0 amide bonds. The van der Waals surface area contributed by atoms with Gasteiger partial charge in [0, 0.05) is 59.5 Å². The van der Waals surface area contributed by atoms with Crippen molar-refractivity contribution in [3.63, 3.8) is 0 Å². The van der Waals surface area contributed by atoms with E-state index in [4.69, 9.17) is 9.47 Å². The predicted octanol–water partition coefficient (Wildman–Crippen LogP) is 2.61. The number of halogens is 1. The van der Waals surface area contributed by atoms with E-state index in [0.717, 1.165) is 6.26 Å². The minimum absolute atomic E-state index is 0.0374. The zero-order valence-electron chi connectivity index (χ0n) is 21.3. The normalized spacial score (nSPS) is 12.4. The molecule has 38 heavy (non-hydrogen) atoms. The summed E-state index contributed by atoms with van der Waals surface area (Å²) < 4.78 is 62.9. The lowest BCUT2D eigenvalue weighted by Crippen LogP contribution is -2.26. The van der Waals surface area contributed by atoms with Gasteiger partial charge in [0.15, 0.2) is 17.2 Å². The highest BCUT2D eigenvalue weighted by Gasteiger charge is 2.22. The van der Waals surface area contributed by atoms with Crippen LogP contribution >= 0.6 is 0 Å². The highest BCUT2D eigenvalue weighted by atomic mass is 32.2. The molecule has 4 aromatic rings. The van der Waals surface area contributed by atoms with Crippen molar-refractivity contribution in [2.24, 2.45) is 0 Å². The third kappa shape index (κ3) is 6.42. The standard InChI is InChI=1S/C24H27FN6O5S2/c1-35-17-11-20(23(25)21(12-17)36-2)31(8-10-38(4,33)34)22-6-5-18-24(29-22)28-19(14-26-18)16-13-27-30(15-16)7-9-37(3)32/h5-6,11-15H,7-10H2,1-4H3. The van der Waals surface area contributed by atoms with E-state index in [1.54, 1.807) is 41.7 Å². The van der Waals surface area contributed by atoms with Gasteiger partial charge in [0.2, 0.25) is 0 Å². The summed E-state index contributed by atoms with van der Waals surface area (Å²) in [6.07, 6.45) is 7.75. The summed E-state index contributed by atoms with van der Waals surface area (Å²) in [6, 6.07) is 6.15. The van der Waals surface area contributed by atoms with E-state index in [2.05, 4.69) is 20.1 Å². The fraction of sp³-hybridized carbons (Fsp3) is 0.333. The van der Waals surface area contributed by atoms with Crippen LogP contribution in [-0.2, 0) is 27.2 Å². The van der Waals surface area contributed by atoms with E-state index in [0.29, 0.717) is 34.8 Å². The summed E-state index contributed by atoms with van der Waals surface area (Å²) >= 11 is 0. The number of benzene rings is 1. The number of pyridine rings is 1. The van der Waals surface area contributed by atoms with Gasteiger partial charge in [-0.05, 0) is 12.1 Å². The molecule has 1 atom stereocenters.